The Hall–Kier alpha value is -2.76. The first kappa shape index (κ1) is 20.0. The van der Waals surface area contributed by atoms with Gasteiger partial charge in [0, 0.05) is 24.5 Å². The molecule has 0 saturated heterocycles. The summed E-state index contributed by atoms with van der Waals surface area (Å²) < 4.78 is 0. The summed E-state index contributed by atoms with van der Waals surface area (Å²) in [5.74, 6) is 0.199. The van der Waals surface area contributed by atoms with E-state index in [4.69, 9.17) is 0 Å². The van der Waals surface area contributed by atoms with Crippen molar-refractivity contribution in [1.82, 2.24) is 20.6 Å². The number of rotatable bonds is 7. The maximum Gasteiger partial charge on any atom is 0.255 e. The zero-order chi connectivity index (χ0) is 19.8. The van der Waals surface area contributed by atoms with Gasteiger partial charge in [0.1, 0.15) is 5.54 Å². The number of carbonyl (C=O) groups is 2. The molecule has 2 N–H and O–H groups in total. The first-order valence-corrected chi connectivity index (χ1v) is 10.1. The zero-order valence-corrected chi connectivity index (χ0v) is 16.4. The molecule has 0 radical (unpaired) electrons. The maximum atomic E-state index is 12.8. The minimum absolute atomic E-state index is 0.0733. The average molecular weight is 380 g/mol. The van der Waals surface area contributed by atoms with Crippen molar-refractivity contribution < 1.29 is 9.59 Å². The molecule has 0 bridgehead atoms. The predicted molar refractivity (Wildman–Crippen MR) is 109 cm³/mol. The SMILES string of the molecule is CCCCNC(=O)C1(NC(=O)c2cnc(-c3ccccc3)nc2)CCCCC1. The van der Waals surface area contributed by atoms with Gasteiger partial charge in [0.2, 0.25) is 5.91 Å². The Morgan fingerprint density at radius 3 is 2.36 bits per heavy atom. The minimum Gasteiger partial charge on any atom is -0.354 e. The molecule has 0 aliphatic heterocycles. The Labute approximate surface area is 166 Å². The number of aromatic nitrogens is 2. The molecule has 1 saturated carbocycles. The van der Waals surface area contributed by atoms with Crippen LogP contribution in [0, 0.1) is 0 Å². The highest BCUT2D eigenvalue weighted by Gasteiger charge is 2.40. The molecule has 2 aromatic rings. The lowest BCUT2D eigenvalue weighted by atomic mass is 9.80. The van der Waals surface area contributed by atoms with E-state index in [2.05, 4.69) is 27.5 Å². The summed E-state index contributed by atoms with van der Waals surface area (Å²) in [6, 6.07) is 9.62. The van der Waals surface area contributed by atoms with Crippen molar-refractivity contribution in [2.75, 3.05) is 6.54 Å². The number of benzene rings is 1. The smallest absolute Gasteiger partial charge is 0.255 e. The summed E-state index contributed by atoms with van der Waals surface area (Å²) in [4.78, 5) is 34.3. The molecule has 1 aliphatic rings. The second-order valence-electron chi connectivity index (χ2n) is 7.37. The third-order valence-electron chi connectivity index (χ3n) is 5.26. The Morgan fingerprint density at radius 1 is 1.04 bits per heavy atom. The summed E-state index contributed by atoms with van der Waals surface area (Å²) in [7, 11) is 0. The number of hydrogen-bond acceptors (Lipinski definition) is 4. The lowest BCUT2D eigenvalue weighted by molar-refractivity contribution is -0.128. The number of nitrogens with one attached hydrogen (secondary N) is 2. The lowest BCUT2D eigenvalue weighted by Crippen LogP contribution is -2.59. The number of hydrogen-bond donors (Lipinski definition) is 2. The molecule has 28 heavy (non-hydrogen) atoms. The van der Waals surface area contributed by atoms with E-state index in [1.54, 1.807) is 0 Å². The van der Waals surface area contributed by atoms with Crippen molar-refractivity contribution in [3.8, 4) is 11.4 Å². The van der Waals surface area contributed by atoms with Crippen LogP contribution >= 0.6 is 0 Å². The Morgan fingerprint density at radius 2 is 1.71 bits per heavy atom. The molecule has 1 aliphatic carbocycles. The molecule has 0 unspecified atom stereocenters. The normalized spacial score (nSPS) is 15.6. The van der Waals surface area contributed by atoms with Crippen LogP contribution < -0.4 is 10.6 Å². The van der Waals surface area contributed by atoms with Crippen LogP contribution in [0.2, 0.25) is 0 Å². The van der Waals surface area contributed by atoms with E-state index in [1.165, 1.54) is 12.4 Å². The van der Waals surface area contributed by atoms with Crippen LogP contribution in [0.5, 0.6) is 0 Å². The minimum atomic E-state index is -0.832. The molecular weight excluding hydrogens is 352 g/mol. The number of nitrogens with zero attached hydrogens (tertiary/aromatic N) is 2. The third kappa shape index (κ3) is 4.74. The van der Waals surface area contributed by atoms with E-state index in [0.717, 1.165) is 37.7 Å². The average Bonchev–Trinajstić information content (AvgIpc) is 2.75. The summed E-state index contributed by atoms with van der Waals surface area (Å²) in [6.45, 7) is 2.73. The molecule has 0 spiro atoms. The Kier molecular flexibility index (Phi) is 6.74. The zero-order valence-electron chi connectivity index (χ0n) is 16.4. The summed E-state index contributed by atoms with van der Waals surface area (Å²) in [5.41, 5.74) is 0.431. The molecular formula is C22H28N4O2. The molecule has 148 valence electrons. The summed E-state index contributed by atoms with van der Waals surface area (Å²) in [6.07, 6.45) is 9.30. The number of carbonyl (C=O) groups excluding carboxylic acids is 2. The van der Waals surface area contributed by atoms with Gasteiger partial charge in [0.05, 0.1) is 5.56 Å². The molecule has 1 aromatic carbocycles. The molecule has 0 atom stereocenters. The van der Waals surface area contributed by atoms with Gasteiger partial charge in [-0.25, -0.2) is 9.97 Å². The standard InChI is InChI=1S/C22H28N4O2/c1-2-3-14-23-21(28)22(12-8-5-9-13-22)26-20(27)18-15-24-19(25-16-18)17-10-6-4-7-11-17/h4,6-7,10-11,15-16H,2-3,5,8-9,12-14H2,1H3,(H,23,28)(H,26,27). The molecule has 1 aromatic heterocycles. The summed E-state index contributed by atoms with van der Waals surface area (Å²) in [5, 5.41) is 6.00. The van der Waals surface area contributed by atoms with Gasteiger partial charge in [0.15, 0.2) is 5.82 Å². The quantitative estimate of drug-likeness (QED) is 0.720. The van der Waals surface area contributed by atoms with Gasteiger partial charge in [-0.1, -0.05) is 62.9 Å². The van der Waals surface area contributed by atoms with Gasteiger partial charge < -0.3 is 10.6 Å². The van der Waals surface area contributed by atoms with Crippen molar-refractivity contribution in [1.29, 1.82) is 0 Å². The molecule has 1 fully saturated rings. The van der Waals surface area contributed by atoms with Gasteiger partial charge in [-0.2, -0.15) is 0 Å². The first-order chi connectivity index (χ1) is 13.6. The molecule has 6 nitrogen and oxygen atoms in total. The van der Waals surface area contributed by atoms with Crippen molar-refractivity contribution in [2.45, 2.75) is 57.4 Å². The van der Waals surface area contributed by atoms with Gasteiger partial charge in [-0.3, -0.25) is 9.59 Å². The molecule has 3 rings (SSSR count). The predicted octanol–water partition coefficient (Wildman–Crippen LogP) is 3.49. The third-order valence-corrected chi connectivity index (χ3v) is 5.26. The first-order valence-electron chi connectivity index (χ1n) is 10.1. The van der Waals surface area contributed by atoms with Gasteiger partial charge in [-0.05, 0) is 19.3 Å². The van der Waals surface area contributed by atoms with Crippen LogP contribution in [0.3, 0.4) is 0 Å². The van der Waals surface area contributed by atoms with E-state index in [9.17, 15) is 9.59 Å². The number of unbranched alkanes of at least 4 members (excludes halogenated alkanes) is 1. The summed E-state index contributed by atoms with van der Waals surface area (Å²) >= 11 is 0. The lowest BCUT2D eigenvalue weighted by Gasteiger charge is -2.36. The highest BCUT2D eigenvalue weighted by Crippen LogP contribution is 2.29. The van der Waals surface area contributed by atoms with E-state index in [1.807, 2.05) is 30.3 Å². The van der Waals surface area contributed by atoms with E-state index in [-0.39, 0.29) is 11.8 Å². The van der Waals surface area contributed by atoms with E-state index in [0.29, 0.717) is 30.8 Å². The molecule has 6 heteroatoms. The fraction of sp³-hybridized carbons (Fsp3) is 0.455. The fourth-order valence-electron chi connectivity index (χ4n) is 3.58. The van der Waals surface area contributed by atoms with Gasteiger partial charge in [0.25, 0.3) is 5.91 Å². The fourth-order valence-corrected chi connectivity index (χ4v) is 3.58. The second-order valence-corrected chi connectivity index (χ2v) is 7.37. The Balaban J connectivity index is 1.72. The highest BCUT2D eigenvalue weighted by atomic mass is 16.2. The highest BCUT2D eigenvalue weighted by molar-refractivity contribution is 5.99. The second kappa shape index (κ2) is 9.44. The van der Waals surface area contributed by atoms with Crippen LogP contribution in [-0.4, -0.2) is 33.9 Å². The van der Waals surface area contributed by atoms with Crippen LogP contribution in [-0.2, 0) is 4.79 Å². The van der Waals surface area contributed by atoms with Crippen molar-refractivity contribution in [3.05, 3.63) is 48.3 Å². The molecule has 2 amide bonds. The number of amides is 2. The van der Waals surface area contributed by atoms with Crippen LogP contribution in [0.4, 0.5) is 0 Å². The van der Waals surface area contributed by atoms with Crippen LogP contribution in [0.15, 0.2) is 42.7 Å². The van der Waals surface area contributed by atoms with E-state index >= 15 is 0 Å². The van der Waals surface area contributed by atoms with Crippen LogP contribution in [0.25, 0.3) is 11.4 Å². The Bertz CT molecular complexity index is 784. The van der Waals surface area contributed by atoms with Gasteiger partial charge >= 0.3 is 0 Å². The largest absolute Gasteiger partial charge is 0.354 e. The van der Waals surface area contributed by atoms with Crippen molar-refractivity contribution in [3.63, 3.8) is 0 Å². The van der Waals surface area contributed by atoms with Crippen molar-refractivity contribution >= 4 is 11.8 Å². The monoisotopic (exact) mass is 380 g/mol. The topological polar surface area (TPSA) is 84.0 Å². The van der Waals surface area contributed by atoms with Crippen LogP contribution in [0.1, 0.15) is 62.2 Å². The van der Waals surface area contributed by atoms with Crippen molar-refractivity contribution in [2.24, 2.45) is 0 Å². The van der Waals surface area contributed by atoms with E-state index < -0.39 is 5.54 Å². The molecule has 1 heterocycles. The van der Waals surface area contributed by atoms with Gasteiger partial charge in [-0.15, -0.1) is 0 Å². The maximum absolute atomic E-state index is 12.8.